The van der Waals surface area contributed by atoms with E-state index in [1.807, 2.05) is 25.1 Å². The van der Waals surface area contributed by atoms with Crippen LogP contribution in [0.3, 0.4) is 0 Å². The zero-order valence-corrected chi connectivity index (χ0v) is 11.2. The lowest BCUT2D eigenvalue weighted by atomic mass is 10.1. The number of para-hydroxylation sites is 1. The van der Waals surface area contributed by atoms with Crippen LogP contribution in [0.1, 0.15) is 29.7 Å². The third kappa shape index (κ3) is 2.65. The fourth-order valence-electron chi connectivity index (χ4n) is 1.98. The molecule has 0 aliphatic rings. The summed E-state index contributed by atoms with van der Waals surface area (Å²) in [5.41, 5.74) is 11.6. The molecule has 0 aliphatic carbocycles. The Morgan fingerprint density at radius 2 is 1.67 bits per heavy atom. The SMILES string of the molecule is Cc1ccc(C(C)Nc2cccc(C)c2N)cc1. The molecule has 0 saturated carbocycles. The van der Waals surface area contributed by atoms with Gasteiger partial charge in [0.25, 0.3) is 0 Å². The minimum absolute atomic E-state index is 0.245. The van der Waals surface area contributed by atoms with Crippen molar-refractivity contribution in [2.24, 2.45) is 0 Å². The Morgan fingerprint density at radius 3 is 2.33 bits per heavy atom. The summed E-state index contributed by atoms with van der Waals surface area (Å²) in [6.45, 7) is 6.27. The first kappa shape index (κ1) is 12.5. The Kier molecular flexibility index (Phi) is 3.56. The van der Waals surface area contributed by atoms with Gasteiger partial charge in [-0.25, -0.2) is 0 Å². The van der Waals surface area contributed by atoms with Crippen LogP contribution in [-0.2, 0) is 0 Å². The van der Waals surface area contributed by atoms with Crippen molar-refractivity contribution in [1.29, 1.82) is 0 Å². The number of nitrogens with two attached hydrogens (primary N) is 1. The van der Waals surface area contributed by atoms with Gasteiger partial charge in [0.05, 0.1) is 11.4 Å². The summed E-state index contributed by atoms with van der Waals surface area (Å²) >= 11 is 0. The molecule has 18 heavy (non-hydrogen) atoms. The van der Waals surface area contributed by atoms with Gasteiger partial charge < -0.3 is 11.1 Å². The molecule has 0 aliphatic heterocycles. The molecule has 0 fully saturated rings. The van der Waals surface area contributed by atoms with Gasteiger partial charge in [-0.3, -0.25) is 0 Å². The van der Waals surface area contributed by atoms with Crippen LogP contribution in [0, 0.1) is 13.8 Å². The first-order valence-corrected chi connectivity index (χ1v) is 6.26. The highest BCUT2D eigenvalue weighted by Gasteiger charge is 2.07. The molecular weight excluding hydrogens is 220 g/mol. The molecule has 0 amide bonds. The van der Waals surface area contributed by atoms with Crippen LogP contribution in [-0.4, -0.2) is 0 Å². The van der Waals surface area contributed by atoms with Crippen LogP contribution >= 0.6 is 0 Å². The van der Waals surface area contributed by atoms with Gasteiger partial charge >= 0.3 is 0 Å². The third-order valence-electron chi connectivity index (χ3n) is 3.27. The van der Waals surface area contributed by atoms with E-state index >= 15 is 0 Å². The molecule has 0 heterocycles. The molecule has 2 nitrogen and oxygen atoms in total. The van der Waals surface area contributed by atoms with Gasteiger partial charge in [0, 0.05) is 6.04 Å². The van der Waals surface area contributed by atoms with E-state index in [9.17, 15) is 0 Å². The van der Waals surface area contributed by atoms with Crippen molar-refractivity contribution in [3.8, 4) is 0 Å². The third-order valence-corrected chi connectivity index (χ3v) is 3.27. The molecule has 2 aromatic carbocycles. The van der Waals surface area contributed by atoms with E-state index in [1.165, 1.54) is 11.1 Å². The number of anilines is 2. The number of rotatable bonds is 3. The second-order valence-electron chi connectivity index (χ2n) is 4.81. The molecule has 0 radical (unpaired) electrons. The topological polar surface area (TPSA) is 38.0 Å². The van der Waals surface area contributed by atoms with Crippen LogP contribution in [0.4, 0.5) is 11.4 Å². The van der Waals surface area contributed by atoms with E-state index in [1.54, 1.807) is 0 Å². The number of nitrogen functional groups attached to an aromatic ring is 1. The van der Waals surface area contributed by atoms with Gasteiger partial charge in [-0.2, -0.15) is 0 Å². The second kappa shape index (κ2) is 5.13. The van der Waals surface area contributed by atoms with Crippen molar-refractivity contribution in [2.75, 3.05) is 11.1 Å². The van der Waals surface area contributed by atoms with E-state index in [-0.39, 0.29) is 6.04 Å². The van der Waals surface area contributed by atoms with Crippen molar-refractivity contribution in [2.45, 2.75) is 26.8 Å². The maximum atomic E-state index is 6.07. The van der Waals surface area contributed by atoms with Crippen molar-refractivity contribution >= 4 is 11.4 Å². The molecule has 1 unspecified atom stereocenters. The lowest BCUT2D eigenvalue weighted by molar-refractivity contribution is 0.884. The largest absolute Gasteiger partial charge is 0.397 e. The van der Waals surface area contributed by atoms with E-state index in [2.05, 4.69) is 43.4 Å². The summed E-state index contributed by atoms with van der Waals surface area (Å²) in [6.07, 6.45) is 0. The van der Waals surface area contributed by atoms with Crippen molar-refractivity contribution in [3.05, 3.63) is 59.2 Å². The Morgan fingerprint density at radius 1 is 1.00 bits per heavy atom. The van der Waals surface area contributed by atoms with E-state index in [0.717, 1.165) is 16.9 Å². The molecular formula is C16H20N2. The number of aryl methyl sites for hydroxylation is 2. The Hall–Kier alpha value is -1.96. The zero-order valence-electron chi connectivity index (χ0n) is 11.2. The lowest BCUT2D eigenvalue weighted by Crippen LogP contribution is -2.08. The first-order chi connectivity index (χ1) is 8.58. The van der Waals surface area contributed by atoms with Crippen molar-refractivity contribution < 1.29 is 0 Å². The minimum atomic E-state index is 0.245. The highest BCUT2D eigenvalue weighted by Crippen LogP contribution is 2.26. The molecule has 1 atom stereocenters. The summed E-state index contributed by atoms with van der Waals surface area (Å²) < 4.78 is 0. The van der Waals surface area contributed by atoms with Gasteiger partial charge in [-0.15, -0.1) is 0 Å². The van der Waals surface area contributed by atoms with Crippen molar-refractivity contribution in [1.82, 2.24) is 0 Å². The number of hydrogen-bond acceptors (Lipinski definition) is 2. The van der Waals surface area contributed by atoms with Gasteiger partial charge in [0.15, 0.2) is 0 Å². The highest BCUT2D eigenvalue weighted by atomic mass is 14.9. The molecule has 0 saturated heterocycles. The average molecular weight is 240 g/mol. The fourth-order valence-corrected chi connectivity index (χ4v) is 1.98. The van der Waals surface area contributed by atoms with Crippen LogP contribution in [0.25, 0.3) is 0 Å². The predicted molar refractivity (Wildman–Crippen MR) is 78.8 cm³/mol. The standard InChI is InChI=1S/C16H20N2/c1-11-7-9-14(10-8-11)13(3)18-15-6-4-5-12(2)16(15)17/h4-10,13,18H,17H2,1-3H3. The number of nitrogens with one attached hydrogen (secondary N) is 1. The summed E-state index contributed by atoms with van der Waals surface area (Å²) in [4.78, 5) is 0. The zero-order chi connectivity index (χ0) is 13.1. The highest BCUT2D eigenvalue weighted by molar-refractivity contribution is 5.70. The Labute approximate surface area is 109 Å². The second-order valence-corrected chi connectivity index (χ2v) is 4.81. The fraction of sp³-hybridized carbons (Fsp3) is 0.250. The maximum Gasteiger partial charge on any atom is 0.0581 e. The average Bonchev–Trinajstić information content (AvgIpc) is 2.36. The van der Waals surface area contributed by atoms with E-state index in [0.29, 0.717) is 0 Å². The molecule has 0 bridgehead atoms. The van der Waals surface area contributed by atoms with Gasteiger partial charge in [-0.1, -0.05) is 42.0 Å². The molecule has 2 aromatic rings. The van der Waals surface area contributed by atoms with Crippen LogP contribution < -0.4 is 11.1 Å². The molecule has 2 rings (SSSR count). The van der Waals surface area contributed by atoms with Gasteiger partial charge in [0.1, 0.15) is 0 Å². The number of hydrogen-bond donors (Lipinski definition) is 2. The molecule has 0 spiro atoms. The monoisotopic (exact) mass is 240 g/mol. The van der Waals surface area contributed by atoms with Gasteiger partial charge in [-0.05, 0) is 38.0 Å². The molecule has 3 N–H and O–H groups in total. The summed E-state index contributed by atoms with van der Waals surface area (Å²) in [6, 6.07) is 14.9. The quantitative estimate of drug-likeness (QED) is 0.794. The Balaban J connectivity index is 2.18. The molecule has 2 heteroatoms. The normalized spacial score (nSPS) is 12.2. The van der Waals surface area contributed by atoms with Crippen LogP contribution in [0.5, 0.6) is 0 Å². The smallest absolute Gasteiger partial charge is 0.0581 e. The van der Waals surface area contributed by atoms with E-state index in [4.69, 9.17) is 5.73 Å². The Bertz CT molecular complexity index is 529. The summed E-state index contributed by atoms with van der Waals surface area (Å²) in [5.74, 6) is 0. The van der Waals surface area contributed by atoms with Crippen molar-refractivity contribution in [3.63, 3.8) is 0 Å². The van der Waals surface area contributed by atoms with Gasteiger partial charge in [0.2, 0.25) is 0 Å². The molecule has 94 valence electrons. The minimum Gasteiger partial charge on any atom is -0.397 e. The predicted octanol–water partition coefficient (Wildman–Crippen LogP) is 4.06. The van der Waals surface area contributed by atoms with Crippen LogP contribution in [0.2, 0.25) is 0 Å². The summed E-state index contributed by atoms with van der Waals surface area (Å²) in [5, 5.41) is 3.46. The number of benzene rings is 2. The summed E-state index contributed by atoms with van der Waals surface area (Å²) in [7, 11) is 0. The molecule has 0 aromatic heterocycles. The lowest BCUT2D eigenvalue weighted by Gasteiger charge is -2.18. The first-order valence-electron chi connectivity index (χ1n) is 6.26. The van der Waals surface area contributed by atoms with Crippen LogP contribution in [0.15, 0.2) is 42.5 Å². The van der Waals surface area contributed by atoms with E-state index < -0.39 is 0 Å². The maximum absolute atomic E-state index is 6.07.